The lowest BCUT2D eigenvalue weighted by Gasteiger charge is -2.26. The van der Waals surface area contributed by atoms with Gasteiger partial charge >= 0.3 is 6.18 Å². The first-order valence-electron chi connectivity index (χ1n) is 10.5. The Bertz CT molecular complexity index is 1120. The van der Waals surface area contributed by atoms with Crippen molar-refractivity contribution in [3.8, 4) is 0 Å². The van der Waals surface area contributed by atoms with Gasteiger partial charge < -0.3 is 14.8 Å². The first-order valence-corrected chi connectivity index (χ1v) is 10.5. The lowest BCUT2D eigenvalue weighted by molar-refractivity contribution is -0.147. The Morgan fingerprint density at radius 1 is 0.969 bits per heavy atom. The number of hydrogen-bond donors (Lipinski definition) is 1. The Labute approximate surface area is 183 Å². The number of nitrogens with zero attached hydrogens (tertiary/aromatic N) is 3. The lowest BCUT2D eigenvalue weighted by Crippen LogP contribution is -2.35. The highest BCUT2D eigenvalue weighted by molar-refractivity contribution is 5.94. The fraction of sp³-hybridized carbons (Fsp3) is 0.348. The molecular formula is C23H23F3N4O2. The van der Waals surface area contributed by atoms with Crippen molar-refractivity contribution in [1.29, 1.82) is 0 Å². The number of alkyl halides is 3. The molecular weight excluding hydrogens is 421 g/mol. The molecule has 2 amide bonds. The highest BCUT2D eigenvalue weighted by atomic mass is 19.4. The molecule has 32 heavy (non-hydrogen) atoms. The van der Waals surface area contributed by atoms with Crippen LogP contribution in [0.15, 0.2) is 48.5 Å². The molecule has 1 fully saturated rings. The normalized spacial score (nSPS) is 14.5. The van der Waals surface area contributed by atoms with Crippen LogP contribution in [0.25, 0.3) is 11.0 Å². The summed E-state index contributed by atoms with van der Waals surface area (Å²) in [6.07, 6.45) is -1.51. The van der Waals surface area contributed by atoms with E-state index in [1.54, 1.807) is 36.4 Å². The number of amides is 2. The molecule has 0 saturated carbocycles. The Morgan fingerprint density at radius 3 is 2.34 bits per heavy atom. The standard InChI is InChI=1S/C23H23F3N4O2/c24-23(25,26)22-28-18-6-2-3-7-19(18)30(22)15-20(31)27-14-16-8-10-17(11-9-16)21(32)29-12-4-1-5-13-29/h2-3,6-11H,1,4-5,12-15H2,(H,27,31). The summed E-state index contributed by atoms with van der Waals surface area (Å²) in [6.45, 7) is 1.17. The van der Waals surface area contributed by atoms with E-state index in [0.717, 1.165) is 42.5 Å². The minimum atomic E-state index is -4.67. The van der Waals surface area contributed by atoms with Gasteiger partial charge in [0.2, 0.25) is 11.7 Å². The van der Waals surface area contributed by atoms with E-state index >= 15 is 0 Å². The van der Waals surface area contributed by atoms with Crippen molar-refractivity contribution < 1.29 is 22.8 Å². The van der Waals surface area contributed by atoms with Gasteiger partial charge in [0.15, 0.2) is 0 Å². The van der Waals surface area contributed by atoms with Crippen LogP contribution in [-0.2, 0) is 24.1 Å². The molecule has 1 aromatic heterocycles. The third kappa shape index (κ3) is 4.76. The zero-order valence-corrected chi connectivity index (χ0v) is 17.4. The van der Waals surface area contributed by atoms with Gasteiger partial charge in [-0.15, -0.1) is 0 Å². The maximum Gasteiger partial charge on any atom is 0.449 e. The molecule has 0 aliphatic carbocycles. The van der Waals surface area contributed by atoms with Crippen molar-refractivity contribution in [3.05, 3.63) is 65.5 Å². The van der Waals surface area contributed by atoms with Crippen LogP contribution in [0.1, 0.15) is 41.0 Å². The molecule has 6 nitrogen and oxygen atoms in total. The molecule has 1 N–H and O–H groups in total. The number of halogens is 3. The number of carbonyl (C=O) groups is 2. The zero-order chi connectivity index (χ0) is 22.7. The average Bonchev–Trinajstić information content (AvgIpc) is 3.17. The van der Waals surface area contributed by atoms with Crippen molar-refractivity contribution in [3.63, 3.8) is 0 Å². The number of imidazole rings is 1. The van der Waals surface area contributed by atoms with E-state index in [1.165, 1.54) is 12.1 Å². The van der Waals surface area contributed by atoms with Gasteiger partial charge in [-0.05, 0) is 49.1 Å². The van der Waals surface area contributed by atoms with Crippen LogP contribution in [0.5, 0.6) is 0 Å². The first kappa shape index (κ1) is 21.9. The minimum absolute atomic E-state index is 0.00745. The first-order chi connectivity index (χ1) is 15.3. The summed E-state index contributed by atoms with van der Waals surface area (Å²) in [7, 11) is 0. The zero-order valence-electron chi connectivity index (χ0n) is 17.4. The largest absolute Gasteiger partial charge is 0.449 e. The van der Waals surface area contributed by atoms with E-state index in [1.807, 2.05) is 4.90 Å². The Balaban J connectivity index is 1.40. The molecule has 9 heteroatoms. The fourth-order valence-corrected chi connectivity index (χ4v) is 3.90. The predicted molar refractivity (Wildman–Crippen MR) is 113 cm³/mol. The molecule has 0 unspecified atom stereocenters. The lowest BCUT2D eigenvalue weighted by atomic mass is 10.1. The summed E-state index contributed by atoms with van der Waals surface area (Å²) >= 11 is 0. The van der Waals surface area contributed by atoms with Crippen molar-refractivity contribution in [2.75, 3.05) is 13.1 Å². The fourth-order valence-electron chi connectivity index (χ4n) is 3.90. The molecule has 0 spiro atoms. The third-order valence-corrected chi connectivity index (χ3v) is 5.54. The summed E-state index contributed by atoms with van der Waals surface area (Å²) < 4.78 is 41.0. The van der Waals surface area contributed by atoms with Crippen LogP contribution in [0.3, 0.4) is 0 Å². The van der Waals surface area contributed by atoms with Crippen LogP contribution in [0.2, 0.25) is 0 Å². The van der Waals surface area contributed by atoms with Crippen molar-refractivity contribution in [1.82, 2.24) is 19.8 Å². The van der Waals surface area contributed by atoms with E-state index in [9.17, 15) is 22.8 Å². The number of carbonyl (C=O) groups excluding carboxylic acids is 2. The Kier molecular flexibility index (Phi) is 6.16. The molecule has 3 aromatic rings. The number of para-hydroxylation sites is 2. The van der Waals surface area contributed by atoms with Gasteiger partial charge in [-0.2, -0.15) is 13.2 Å². The van der Waals surface area contributed by atoms with Gasteiger partial charge in [0.25, 0.3) is 5.91 Å². The van der Waals surface area contributed by atoms with E-state index in [2.05, 4.69) is 10.3 Å². The average molecular weight is 444 g/mol. The van der Waals surface area contributed by atoms with E-state index in [4.69, 9.17) is 0 Å². The van der Waals surface area contributed by atoms with Crippen LogP contribution in [0.4, 0.5) is 13.2 Å². The van der Waals surface area contributed by atoms with Gasteiger partial charge in [-0.1, -0.05) is 24.3 Å². The van der Waals surface area contributed by atoms with Crippen LogP contribution >= 0.6 is 0 Å². The molecule has 168 valence electrons. The number of likely N-dealkylation sites (tertiary alicyclic amines) is 1. The second-order valence-electron chi connectivity index (χ2n) is 7.83. The molecule has 1 aliphatic heterocycles. The number of rotatable bonds is 5. The van der Waals surface area contributed by atoms with Crippen LogP contribution in [-0.4, -0.2) is 39.4 Å². The van der Waals surface area contributed by atoms with Crippen molar-refractivity contribution in [2.24, 2.45) is 0 Å². The van der Waals surface area contributed by atoms with Gasteiger partial charge in [-0.3, -0.25) is 9.59 Å². The monoisotopic (exact) mass is 444 g/mol. The Morgan fingerprint density at radius 2 is 1.66 bits per heavy atom. The van der Waals surface area contributed by atoms with Crippen molar-refractivity contribution >= 4 is 22.8 Å². The van der Waals surface area contributed by atoms with E-state index in [-0.39, 0.29) is 23.5 Å². The summed E-state index contributed by atoms with van der Waals surface area (Å²) in [4.78, 5) is 30.4. The van der Waals surface area contributed by atoms with Gasteiger partial charge in [-0.25, -0.2) is 4.98 Å². The molecule has 1 saturated heterocycles. The molecule has 2 aromatic carbocycles. The maximum absolute atomic E-state index is 13.4. The second-order valence-corrected chi connectivity index (χ2v) is 7.83. The highest BCUT2D eigenvalue weighted by Crippen LogP contribution is 2.31. The summed E-state index contributed by atoms with van der Waals surface area (Å²) in [5, 5.41) is 2.64. The Hall–Kier alpha value is -3.36. The van der Waals surface area contributed by atoms with Gasteiger partial charge in [0, 0.05) is 25.2 Å². The summed E-state index contributed by atoms with van der Waals surface area (Å²) in [5.41, 5.74) is 1.76. The minimum Gasteiger partial charge on any atom is -0.350 e. The quantitative estimate of drug-likeness (QED) is 0.647. The van der Waals surface area contributed by atoms with E-state index < -0.39 is 24.5 Å². The van der Waals surface area contributed by atoms with E-state index in [0.29, 0.717) is 5.56 Å². The third-order valence-electron chi connectivity index (χ3n) is 5.54. The van der Waals surface area contributed by atoms with Crippen LogP contribution in [0, 0.1) is 0 Å². The highest BCUT2D eigenvalue weighted by Gasteiger charge is 2.38. The van der Waals surface area contributed by atoms with Crippen LogP contribution < -0.4 is 5.32 Å². The van der Waals surface area contributed by atoms with Crippen molar-refractivity contribution in [2.45, 2.75) is 38.5 Å². The molecule has 1 aliphatic rings. The SMILES string of the molecule is O=C(Cn1c(C(F)(F)F)nc2ccccc21)NCc1ccc(C(=O)N2CCCCC2)cc1. The number of piperidine rings is 1. The number of aromatic nitrogens is 2. The maximum atomic E-state index is 13.4. The molecule has 2 heterocycles. The summed E-state index contributed by atoms with van der Waals surface area (Å²) in [6, 6.07) is 13.1. The number of fused-ring (bicyclic) bond motifs is 1. The predicted octanol–water partition coefficient (Wildman–Crippen LogP) is 4.00. The molecule has 4 rings (SSSR count). The summed E-state index contributed by atoms with van der Waals surface area (Å²) in [5.74, 6) is -1.67. The molecule has 0 bridgehead atoms. The smallest absolute Gasteiger partial charge is 0.350 e. The second kappa shape index (κ2) is 9.02. The van der Waals surface area contributed by atoms with Gasteiger partial charge in [0.1, 0.15) is 6.54 Å². The molecule has 0 radical (unpaired) electrons. The van der Waals surface area contributed by atoms with Gasteiger partial charge in [0.05, 0.1) is 11.0 Å². The number of benzene rings is 2. The molecule has 0 atom stereocenters. The topological polar surface area (TPSA) is 67.2 Å². The number of nitrogens with one attached hydrogen (secondary N) is 1. The number of hydrogen-bond acceptors (Lipinski definition) is 3.